The summed E-state index contributed by atoms with van der Waals surface area (Å²) < 4.78 is 0. The van der Waals surface area contributed by atoms with Crippen LogP contribution < -0.4 is 0 Å². The van der Waals surface area contributed by atoms with Gasteiger partial charge < -0.3 is 5.11 Å². The van der Waals surface area contributed by atoms with Gasteiger partial charge in [0.1, 0.15) is 10.6 Å². The number of rotatable bonds is 3. The number of thiophene rings is 1. The number of benzene rings is 1. The molecule has 0 spiro atoms. The van der Waals surface area contributed by atoms with E-state index >= 15 is 0 Å². The second-order valence-corrected chi connectivity index (χ2v) is 5.58. The maximum Gasteiger partial charge on any atom is 0.147 e. The van der Waals surface area contributed by atoms with Gasteiger partial charge in [0, 0.05) is 21.4 Å². The van der Waals surface area contributed by atoms with Crippen molar-refractivity contribution in [2.24, 2.45) is 0 Å². The van der Waals surface area contributed by atoms with Crippen LogP contribution in [0, 0.1) is 0 Å². The van der Waals surface area contributed by atoms with E-state index in [-0.39, 0.29) is 5.75 Å². The molecule has 21 heavy (non-hydrogen) atoms. The van der Waals surface area contributed by atoms with E-state index in [1.807, 2.05) is 43.4 Å². The number of allylic oxidation sites excluding steroid dienone is 1. The Balaban J connectivity index is 2.25. The van der Waals surface area contributed by atoms with E-state index in [9.17, 15) is 5.11 Å². The molecule has 3 rings (SSSR count). The normalized spacial score (nSPS) is 11.3. The second-order valence-electron chi connectivity index (χ2n) is 4.55. The number of phenols is 1. The molecule has 0 aliphatic carbocycles. The molecule has 0 radical (unpaired) electrons. The Kier molecular flexibility index (Phi) is 3.54. The fraction of sp³-hybridized carbons (Fsp3) is 0.0588. The van der Waals surface area contributed by atoms with E-state index in [0.29, 0.717) is 11.3 Å². The van der Waals surface area contributed by atoms with Crippen LogP contribution in [0.1, 0.15) is 17.4 Å². The molecule has 0 amide bonds. The van der Waals surface area contributed by atoms with Crippen LogP contribution in [0.25, 0.3) is 33.6 Å². The molecular formula is C17H14N2OS. The van der Waals surface area contributed by atoms with Crippen molar-refractivity contribution < 1.29 is 5.11 Å². The third-order valence-corrected chi connectivity index (χ3v) is 4.30. The lowest BCUT2D eigenvalue weighted by atomic mass is 10.1. The highest BCUT2D eigenvalue weighted by Gasteiger charge is 2.12. The fourth-order valence-corrected chi connectivity index (χ4v) is 3.32. The van der Waals surface area contributed by atoms with Crippen LogP contribution in [-0.2, 0) is 0 Å². The van der Waals surface area contributed by atoms with E-state index in [1.165, 1.54) is 0 Å². The zero-order valence-electron chi connectivity index (χ0n) is 11.6. The standard InChI is InChI=1S/C17H14N2OS/c1-3-7-16-11(4-2)13-10-14(18-19-17(13)21-16)12-8-5-6-9-15(12)20/h3-10,20H,2H2,1H3/b7-3-. The van der Waals surface area contributed by atoms with Crippen LogP contribution in [0.5, 0.6) is 5.75 Å². The van der Waals surface area contributed by atoms with Gasteiger partial charge in [-0.25, -0.2) is 0 Å². The molecule has 0 bridgehead atoms. The number of nitrogens with zero attached hydrogens (tertiary/aromatic N) is 2. The number of para-hydroxylation sites is 1. The minimum Gasteiger partial charge on any atom is -0.507 e. The summed E-state index contributed by atoms with van der Waals surface area (Å²) in [6.07, 6.45) is 5.88. The molecule has 2 aromatic heterocycles. The smallest absolute Gasteiger partial charge is 0.147 e. The average Bonchev–Trinajstić information content (AvgIpc) is 2.84. The van der Waals surface area contributed by atoms with Crippen molar-refractivity contribution in [1.82, 2.24) is 10.2 Å². The number of aromatic nitrogens is 2. The summed E-state index contributed by atoms with van der Waals surface area (Å²) in [5.74, 6) is 0.204. The molecule has 0 saturated heterocycles. The number of phenolic OH excluding ortho intramolecular Hbond substituents is 1. The zero-order valence-corrected chi connectivity index (χ0v) is 12.4. The van der Waals surface area contributed by atoms with Crippen LogP contribution in [0.4, 0.5) is 0 Å². The largest absolute Gasteiger partial charge is 0.507 e. The first-order valence-corrected chi connectivity index (χ1v) is 7.40. The van der Waals surface area contributed by atoms with Gasteiger partial charge in [-0.2, -0.15) is 0 Å². The van der Waals surface area contributed by atoms with Crippen molar-refractivity contribution in [3.63, 3.8) is 0 Å². The molecule has 4 heteroatoms. The molecule has 3 nitrogen and oxygen atoms in total. The molecule has 0 aliphatic heterocycles. The molecule has 0 aliphatic rings. The predicted molar refractivity (Wildman–Crippen MR) is 89.3 cm³/mol. The number of hydrogen-bond donors (Lipinski definition) is 1. The molecule has 1 aromatic carbocycles. The van der Waals surface area contributed by atoms with E-state index in [0.717, 1.165) is 20.7 Å². The van der Waals surface area contributed by atoms with E-state index in [4.69, 9.17) is 0 Å². The van der Waals surface area contributed by atoms with Crippen LogP contribution in [0.2, 0.25) is 0 Å². The van der Waals surface area contributed by atoms with Crippen molar-refractivity contribution in [2.45, 2.75) is 6.92 Å². The summed E-state index contributed by atoms with van der Waals surface area (Å²) in [7, 11) is 0. The fourth-order valence-electron chi connectivity index (χ4n) is 2.25. The Hall–Kier alpha value is -2.46. The van der Waals surface area contributed by atoms with E-state index in [2.05, 4.69) is 16.8 Å². The Bertz CT molecular complexity index is 849. The van der Waals surface area contributed by atoms with Crippen molar-refractivity contribution >= 4 is 33.7 Å². The minimum absolute atomic E-state index is 0.204. The van der Waals surface area contributed by atoms with Crippen molar-refractivity contribution in [3.8, 4) is 17.0 Å². The van der Waals surface area contributed by atoms with Gasteiger partial charge in [-0.15, -0.1) is 21.5 Å². The third-order valence-electron chi connectivity index (χ3n) is 3.22. The van der Waals surface area contributed by atoms with Gasteiger partial charge in [0.25, 0.3) is 0 Å². The Morgan fingerprint density at radius 2 is 2.05 bits per heavy atom. The summed E-state index contributed by atoms with van der Waals surface area (Å²) in [4.78, 5) is 1.99. The lowest BCUT2D eigenvalue weighted by Gasteiger charge is -2.03. The van der Waals surface area contributed by atoms with Gasteiger partial charge in [0.15, 0.2) is 0 Å². The third kappa shape index (κ3) is 2.34. The SMILES string of the molecule is C=Cc1c(/C=C\C)sc2nnc(-c3ccccc3O)cc12. The Labute approximate surface area is 126 Å². The summed E-state index contributed by atoms with van der Waals surface area (Å²) in [5.41, 5.74) is 2.40. The molecule has 1 N–H and O–H groups in total. The predicted octanol–water partition coefficient (Wildman–Crippen LogP) is 4.74. The topological polar surface area (TPSA) is 46.0 Å². The first-order chi connectivity index (χ1) is 10.2. The van der Waals surface area contributed by atoms with Gasteiger partial charge in [-0.1, -0.05) is 30.9 Å². The summed E-state index contributed by atoms with van der Waals surface area (Å²) >= 11 is 1.59. The number of fused-ring (bicyclic) bond motifs is 1. The Morgan fingerprint density at radius 1 is 1.24 bits per heavy atom. The van der Waals surface area contributed by atoms with Gasteiger partial charge >= 0.3 is 0 Å². The lowest BCUT2D eigenvalue weighted by Crippen LogP contribution is -1.88. The molecule has 2 heterocycles. The molecule has 0 fully saturated rings. The molecule has 0 atom stereocenters. The molecule has 0 saturated carbocycles. The average molecular weight is 294 g/mol. The highest BCUT2D eigenvalue weighted by molar-refractivity contribution is 7.19. The van der Waals surface area contributed by atoms with Crippen LogP contribution >= 0.6 is 11.3 Å². The van der Waals surface area contributed by atoms with Crippen LogP contribution in [0.3, 0.4) is 0 Å². The quantitative estimate of drug-likeness (QED) is 0.759. The molecule has 104 valence electrons. The lowest BCUT2D eigenvalue weighted by molar-refractivity contribution is 0.477. The van der Waals surface area contributed by atoms with Crippen LogP contribution in [-0.4, -0.2) is 15.3 Å². The maximum absolute atomic E-state index is 9.96. The van der Waals surface area contributed by atoms with Crippen molar-refractivity contribution in [2.75, 3.05) is 0 Å². The number of aromatic hydroxyl groups is 1. The highest BCUT2D eigenvalue weighted by Crippen LogP contribution is 2.35. The maximum atomic E-state index is 9.96. The monoisotopic (exact) mass is 294 g/mol. The van der Waals surface area contributed by atoms with E-state index < -0.39 is 0 Å². The zero-order chi connectivity index (χ0) is 14.8. The first kappa shape index (κ1) is 13.5. The van der Waals surface area contributed by atoms with Gasteiger partial charge in [0.05, 0.1) is 5.69 Å². The molecule has 3 aromatic rings. The molecule has 0 unspecified atom stereocenters. The van der Waals surface area contributed by atoms with Crippen molar-refractivity contribution in [1.29, 1.82) is 0 Å². The number of hydrogen-bond acceptors (Lipinski definition) is 4. The second kappa shape index (κ2) is 5.50. The molecular weight excluding hydrogens is 280 g/mol. The van der Waals surface area contributed by atoms with Crippen LogP contribution in [0.15, 0.2) is 43.0 Å². The van der Waals surface area contributed by atoms with Crippen molar-refractivity contribution in [3.05, 3.63) is 53.4 Å². The van der Waals surface area contributed by atoms with E-state index in [1.54, 1.807) is 23.5 Å². The van der Waals surface area contributed by atoms with Gasteiger partial charge in [-0.05, 0) is 31.2 Å². The highest BCUT2D eigenvalue weighted by atomic mass is 32.1. The van der Waals surface area contributed by atoms with Gasteiger partial charge in [0.2, 0.25) is 0 Å². The Morgan fingerprint density at radius 3 is 2.76 bits per heavy atom. The summed E-state index contributed by atoms with van der Waals surface area (Å²) in [6, 6.07) is 9.09. The summed E-state index contributed by atoms with van der Waals surface area (Å²) in [5, 5.41) is 19.5. The summed E-state index contributed by atoms with van der Waals surface area (Å²) in [6.45, 7) is 5.87. The van der Waals surface area contributed by atoms with Gasteiger partial charge in [-0.3, -0.25) is 0 Å². The minimum atomic E-state index is 0.204. The first-order valence-electron chi connectivity index (χ1n) is 6.58.